The van der Waals surface area contributed by atoms with E-state index in [2.05, 4.69) is 6.58 Å². The second-order valence-electron chi connectivity index (χ2n) is 5.64. The standard InChI is InChI=1S/C17H19ClN2O3S2/c1-4-7-20(10-14-5-6-16(18)24-14)17(21)13-8-11(2)12(3)15(9-13)25(19,22)23/h4-6,8-9H,1,7,10H2,2-3H3,(H2,19,22,23). The molecule has 1 aromatic carbocycles. The molecule has 1 heterocycles. The third-order valence-corrected chi connectivity index (χ3v) is 6.04. The summed E-state index contributed by atoms with van der Waals surface area (Å²) in [6.45, 7) is 7.78. The zero-order valence-electron chi connectivity index (χ0n) is 14.0. The molecule has 2 N–H and O–H groups in total. The van der Waals surface area contributed by atoms with E-state index in [1.54, 1.807) is 37.0 Å². The van der Waals surface area contributed by atoms with Crippen LogP contribution in [-0.4, -0.2) is 25.8 Å². The van der Waals surface area contributed by atoms with E-state index in [-0.39, 0.29) is 16.4 Å². The van der Waals surface area contributed by atoms with Crippen LogP contribution in [0, 0.1) is 13.8 Å². The molecule has 2 aromatic rings. The summed E-state index contributed by atoms with van der Waals surface area (Å²) in [6.07, 6.45) is 1.62. The van der Waals surface area contributed by atoms with Gasteiger partial charge in [0.05, 0.1) is 15.8 Å². The van der Waals surface area contributed by atoms with Crippen molar-refractivity contribution in [3.05, 3.63) is 62.8 Å². The monoisotopic (exact) mass is 398 g/mol. The van der Waals surface area contributed by atoms with Crippen LogP contribution in [0.4, 0.5) is 0 Å². The zero-order valence-corrected chi connectivity index (χ0v) is 16.3. The van der Waals surface area contributed by atoms with Crippen LogP contribution in [0.5, 0.6) is 0 Å². The number of hydrogen-bond acceptors (Lipinski definition) is 4. The van der Waals surface area contributed by atoms with Crippen LogP contribution in [0.15, 0.2) is 41.8 Å². The Bertz CT molecular complexity index is 920. The molecule has 25 heavy (non-hydrogen) atoms. The van der Waals surface area contributed by atoms with Gasteiger partial charge in [0, 0.05) is 17.0 Å². The first-order valence-electron chi connectivity index (χ1n) is 7.42. The predicted octanol–water partition coefficient (Wildman–Crippen LogP) is 3.49. The highest BCUT2D eigenvalue weighted by atomic mass is 35.5. The fraction of sp³-hybridized carbons (Fsp3) is 0.235. The molecule has 0 bridgehead atoms. The normalized spacial score (nSPS) is 11.4. The van der Waals surface area contributed by atoms with E-state index in [1.807, 2.05) is 6.07 Å². The molecule has 0 aliphatic heterocycles. The number of rotatable bonds is 6. The minimum absolute atomic E-state index is 0.0337. The number of sulfonamides is 1. The molecule has 1 amide bonds. The van der Waals surface area contributed by atoms with Gasteiger partial charge in [0.15, 0.2) is 0 Å². The fourth-order valence-electron chi connectivity index (χ4n) is 2.43. The molecule has 134 valence electrons. The number of nitrogens with two attached hydrogens (primary N) is 1. The van der Waals surface area contributed by atoms with Gasteiger partial charge >= 0.3 is 0 Å². The van der Waals surface area contributed by atoms with Crippen LogP contribution in [0.3, 0.4) is 0 Å². The molecule has 0 saturated heterocycles. The van der Waals surface area contributed by atoms with Crippen molar-refractivity contribution >= 4 is 38.9 Å². The molecule has 0 unspecified atom stereocenters. The van der Waals surface area contributed by atoms with Gasteiger partial charge in [-0.05, 0) is 49.2 Å². The summed E-state index contributed by atoms with van der Waals surface area (Å²) in [5.74, 6) is -0.294. The number of thiophene rings is 1. The van der Waals surface area contributed by atoms with Gasteiger partial charge < -0.3 is 4.90 Å². The summed E-state index contributed by atoms with van der Waals surface area (Å²) in [6, 6.07) is 6.63. The number of benzene rings is 1. The topological polar surface area (TPSA) is 80.5 Å². The van der Waals surface area contributed by atoms with Gasteiger partial charge in [-0.3, -0.25) is 4.79 Å². The van der Waals surface area contributed by atoms with E-state index < -0.39 is 10.0 Å². The molecule has 5 nitrogen and oxygen atoms in total. The number of primary sulfonamides is 1. The average molecular weight is 399 g/mol. The largest absolute Gasteiger partial charge is 0.330 e. The first-order valence-corrected chi connectivity index (χ1v) is 10.2. The van der Waals surface area contributed by atoms with Gasteiger partial charge in [-0.2, -0.15) is 0 Å². The van der Waals surface area contributed by atoms with E-state index in [1.165, 1.54) is 17.4 Å². The van der Waals surface area contributed by atoms with Gasteiger partial charge in [-0.25, -0.2) is 13.6 Å². The SMILES string of the molecule is C=CCN(Cc1ccc(Cl)s1)C(=O)c1cc(C)c(C)c(S(N)(=O)=O)c1. The van der Waals surface area contributed by atoms with Gasteiger partial charge in [-0.15, -0.1) is 17.9 Å². The summed E-state index contributed by atoms with van der Waals surface area (Å²) in [7, 11) is -3.91. The minimum atomic E-state index is -3.91. The summed E-state index contributed by atoms with van der Waals surface area (Å²) in [5.41, 5.74) is 1.50. The van der Waals surface area contributed by atoms with Crippen LogP contribution >= 0.6 is 22.9 Å². The lowest BCUT2D eigenvalue weighted by molar-refractivity contribution is 0.0764. The zero-order chi connectivity index (χ0) is 18.8. The third-order valence-electron chi connectivity index (χ3n) is 3.79. The van der Waals surface area contributed by atoms with Crippen molar-refractivity contribution in [2.75, 3.05) is 6.54 Å². The number of amides is 1. The molecule has 1 aromatic heterocycles. The number of carbonyl (C=O) groups is 1. The molecule has 0 aliphatic rings. The molecule has 0 aliphatic carbocycles. The minimum Gasteiger partial charge on any atom is -0.330 e. The van der Waals surface area contributed by atoms with E-state index in [4.69, 9.17) is 16.7 Å². The summed E-state index contributed by atoms with van der Waals surface area (Å²) in [5, 5.41) is 5.27. The maximum Gasteiger partial charge on any atom is 0.254 e. The second-order valence-corrected chi connectivity index (χ2v) is 8.97. The smallest absolute Gasteiger partial charge is 0.254 e. The van der Waals surface area contributed by atoms with Gasteiger partial charge in [0.2, 0.25) is 10.0 Å². The number of nitrogens with zero attached hydrogens (tertiary/aromatic N) is 1. The Morgan fingerprint density at radius 3 is 2.56 bits per heavy atom. The Balaban J connectivity index is 2.42. The van der Waals surface area contributed by atoms with Crippen LogP contribution in [0.25, 0.3) is 0 Å². The van der Waals surface area contributed by atoms with Crippen molar-refractivity contribution < 1.29 is 13.2 Å². The van der Waals surface area contributed by atoms with Crippen LogP contribution in [0.1, 0.15) is 26.4 Å². The summed E-state index contributed by atoms with van der Waals surface area (Å²) < 4.78 is 24.2. The second kappa shape index (κ2) is 7.70. The molecule has 0 atom stereocenters. The van der Waals surface area contributed by atoms with Crippen molar-refractivity contribution in [1.82, 2.24) is 4.90 Å². The van der Waals surface area contributed by atoms with E-state index in [0.717, 1.165) is 4.88 Å². The Morgan fingerprint density at radius 2 is 2.04 bits per heavy atom. The maximum absolute atomic E-state index is 12.9. The molecule has 2 rings (SSSR count). The van der Waals surface area contributed by atoms with Crippen molar-refractivity contribution in [3.8, 4) is 0 Å². The van der Waals surface area contributed by atoms with Crippen molar-refractivity contribution in [1.29, 1.82) is 0 Å². The quantitative estimate of drug-likeness (QED) is 0.756. The summed E-state index contributed by atoms with van der Waals surface area (Å²) >= 11 is 7.33. The lowest BCUT2D eigenvalue weighted by atomic mass is 10.1. The van der Waals surface area contributed by atoms with E-state index in [9.17, 15) is 13.2 Å². The number of hydrogen-bond donors (Lipinski definition) is 1. The summed E-state index contributed by atoms with van der Waals surface area (Å²) in [4.78, 5) is 15.4. The molecular weight excluding hydrogens is 380 g/mol. The molecule has 8 heteroatoms. The Morgan fingerprint density at radius 1 is 1.36 bits per heavy atom. The first kappa shape index (κ1) is 19.7. The maximum atomic E-state index is 12.9. The van der Waals surface area contributed by atoms with Crippen molar-refractivity contribution in [2.45, 2.75) is 25.3 Å². The molecule has 0 spiro atoms. The van der Waals surface area contributed by atoms with Crippen molar-refractivity contribution in [3.63, 3.8) is 0 Å². The van der Waals surface area contributed by atoms with E-state index in [0.29, 0.717) is 28.6 Å². The molecular formula is C17H19ClN2O3S2. The fourth-order valence-corrected chi connectivity index (χ4v) is 4.41. The molecule has 0 saturated carbocycles. The average Bonchev–Trinajstić information content (AvgIpc) is 2.92. The van der Waals surface area contributed by atoms with Gasteiger partial charge in [-0.1, -0.05) is 17.7 Å². The van der Waals surface area contributed by atoms with E-state index >= 15 is 0 Å². The first-order chi connectivity index (χ1) is 11.6. The number of carbonyl (C=O) groups excluding carboxylic acids is 1. The highest BCUT2D eigenvalue weighted by Crippen LogP contribution is 2.25. The van der Waals surface area contributed by atoms with Gasteiger partial charge in [0.25, 0.3) is 5.91 Å². The predicted molar refractivity (Wildman–Crippen MR) is 102 cm³/mol. The number of aryl methyl sites for hydroxylation is 1. The Kier molecular flexibility index (Phi) is 6.05. The van der Waals surface area contributed by atoms with Crippen LogP contribution < -0.4 is 5.14 Å². The highest BCUT2D eigenvalue weighted by Gasteiger charge is 2.21. The highest BCUT2D eigenvalue weighted by molar-refractivity contribution is 7.89. The third kappa shape index (κ3) is 4.70. The number of halogens is 1. The molecule has 0 fully saturated rings. The van der Waals surface area contributed by atoms with Crippen LogP contribution in [0.2, 0.25) is 4.34 Å². The Labute approximate surface area is 156 Å². The van der Waals surface area contributed by atoms with Crippen molar-refractivity contribution in [2.24, 2.45) is 5.14 Å². The lowest BCUT2D eigenvalue weighted by Crippen LogP contribution is -2.31. The lowest BCUT2D eigenvalue weighted by Gasteiger charge is -2.21. The molecule has 0 radical (unpaired) electrons. The Hall–Kier alpha value is -1.67. The van der Waals surface area contributed by atoms with Crippen LogP contribution in [-0.2, 0) is 16.6 Å². The van der Waals surface area contributed by atoms with Gasteiger partial charge in [0.1, 0.15) is 0 Å².